The lowest BCUT2D eigenvalue weighted by molar-refractivity contribution is 0.0989. The number of aromatic amines is 1. The van der Waals surface area contributed by atoms with Gasteiger partial charge in [-0.25, -0.2) is 0 Å². The standard InChI is InChI=1S/C16H14N4O/c1-10-9-20(15-8-17-4-2-11(10)15)16(21)13-6-18-7-14-12(13)3-5-19-14/h2-8,10,19H,9H2,1H3. The molecule has 0 radical (unpaired) electrons. The Balaban J connectivity index is 1.81. The van der Waals surface area contributed by atoms with Gasteiger partial charge in [0.2, 0.25) is 0 Å². The Bertz CT molecular complexity index is 839. The van der Waals surface area contributed by atoms with E-state index in [2.05, 4.69) is 21.9 Å². The largest absolute Gasteiger partial charge is 0.360 e. The van der Waals surface area contributed by atoms with Crippen LogP contribution in [0.4, 0.5) is 5.69 Å². The first-order valence-electron chi connectivity index (χ1n) is 6.92. The zero-order chi connectivity index (χ0) is 14.4. The highest BCUT2D eigenvalue weighted by Gasteiger charge is 2.31. The van der Waals surface area contributed by atoms with E-state index in [1.165, 1.54) is 5.56 Å². The summed E-state index contributed by atoms with van der Waals surface area (Å²) in [6, 6.07) is 3.90. The van der Waals surface area contributed by atoms with Gasteiger partial charge in [-0.05, 0) is 17.7 Å². The number of fused-ring (bicyclic) bond motifs is 2. The molecular formula is C16H14N4O. The second-order valence-electron chi connectivity index (χ2n) is 5.38. The van der Waals surface area contributed by atoms with Gasteiger partial charge in [-0.1, -0.05) is 6.92 Å². The zero-order valence-corrected chi connectivity index (χ0v) is 11.6. The van der Waals surface area contributed by atoms with Crippen LogP contribution in [0.3, 0.4) is 0 Å². The lowest BCUT2D eigenvalue weighted by Crippen LogP contribution is -2.29. The number of amides is 1. The molecule has 0 aliphatic carbocycles. The topological polar surface area (TPSA) is 61.9 Å². The minimum Gasteiger partial charge on any atom is -0.360 e. The van der Waals surface area contributed by atoms with Crippen molar-refractivity contribution < 1.29 is 4.79 Å². The molecule has 5 nitrogen and oxygen atoms in total. The van der Waals surface area contributed by atoms with Crippen molar-refractivity contribution in [1.82, 2.24) is 15.0 Å². The smallest absolute Gasteiger partial charge is 0.260 e. The van der Waals surface area contributed by atoms with Gasteiger partial charge in [0, 0.05) is 36.4 Å². The number of aromatic nitrogens is 3. The first-order valence-corrected chi connectivity index (χ1v) is 6.92. The maximum Gasteiger partial charge on any atom is 0.260 e. The number of carbonyl (C=O) groups excluding carboxylic acids is 1. The van der Waals surface area contributed by atoms with Gasteiger partial charge in [-0.2, -0.15) is 0 Å². The molecule has 0 spiro atoms. The predicted octanol–water partition coefficient (Wildman–Crippen LogP) is 2.72. The van der Waals surface area contributed by atoms with Crippen molar-refractivity contribution in [1.29, 1.82) is 0 Å². The van der Waals surface area contributed by atoms with Crippen LogP contribution in [-0.4, -0.2) is 27.4 Å². The minimum absolute atomic E-state index is 0.0219. The fourth-order valence-electron chi connectivity index (χ4n) is 3.00. The highest BCUT2D eigenvalue weighted by molar-refractivity contribution is 6.14. The Kier molecular flexibility index (Phi) is 2.54. The fourth-order valence-corrected chi connectivity index (χ4v) is 3.00. The maximum atomic E-state index is 12.9. The highest BCUT2D eigenvalue weighted by Crippen LogP contribution is 2.36. The third kappa shape index (κ3) is 1.74. The molecule has 1 aliphatic heterocycles. The van der Waals surface area contributed by atoms with Crippen molar-refractivity contribution in [2.75, 3.05) is 11.4 Å². The van der Waals surface area contributed by atoms with Crippen LogP contribution in [0.15, 0.2) is 43.1 Å². The van der Waals surface area contributed by atoms with Crippen molar-refractivity contribution in [2.45, 2.75) is 12.8 Å². The summed E-state index contributed by atoms with van der Waals surface area (Å²) in [5.41, 5.74) is 3.58. The Morgan fingerprint density at radius 2 is 2.19 bits per heavy atom. The van der Waals surface area contributed by atoms with Gasteiger partial charge >= 0.3 is 0 Å². The Hall–Kier alpha value is -2.69. The molecule has 5 heteroatoms. The Morgan fingerprint density at radius 3 is 3.10 bits per heavy atom. The molecule has 0 aromatic carbocycles. The molecule has 1 unspecified atom stereocenters. The Morgan fingerprint density at radius 1 is 1.29 bits per heavy atom. The third-order valence-electron chi connectivity index (χ3n) is 4.06. The summed E-state index contributed by atoms with van der Waals surface area (Å²) in [6.45, 7) is 2.81. The number of H-pyrrole nitrogens is 1. The van der Waals surface area contributed by atoms with Gasteiger partial charge in [0.1, 0.15) is 0 Å². The van der Waals surface area contributed by atoms with Crippen LogP contribution in [-0.2, 0) is 0 Å². The van der Waals surface area contributed by atoms with Crippen molar-refractivity contribution in [3.05, 3.63) is 54.2 Å². The fraction of sp³-hybridized carbons (Fsp3) is 0.188. The second kappa shape index (κ2) is 4.41. The van der Waals surface area contributed by atoms with Crippen LogP contribution >= 0.6 is 0 Å². The first-order chi connectivity index (χ1) is 10.3. The molecule has 0 saturated carbocycles. The van der Waals surface area contributed by atoms with E-state index < -0.39 is 0 Å². The van der Waals surface area contributed by atoms with Crippen molar-refractivity contribution in [3.8, 4) is 0 Å². The lowest BCUT2D eigenvalue weighted by atomic mass is 10.1. The zero-order valence-electron chi connectivity index (χ0n) is 11.6. The van der Waals surface area contributed by atoms with E-state index in [1.54, 1.807) is 29.7 Å². The normalized spacial score (nSPS) is 17.2. The summed E-state index contributed by atoms with van der Waals surface area (Å²) in [7, 11) is 0. The van der Waals surface area contributed by atoms with Crippen LogP contribution < -0.4 is 4.90 Å². The van der Waals surface area contributed by atoms with Gasteiger partial charge in [-0.3, -0.25) is 14.8 Å². The molecule has 0 fully saturated rings. The molecule has 1 amide bonds. The van der Waals surface area contributed by atoms with Crippen molar-refractivity contribution in [2.24, 2.45) is 0 Å². The molecule has 4 rings (SSSR count). The average molecular weight is 278 g/mol. The van der Waals surface area contributed by atoms with Crippen LogP contribution in [0.5, 0.6) is 0 Å². The summed E-state index contributed by atoms with van der Waals surface area (Å²) in [4.78, 5) is 26.1. The molecule has 3 aromatic rings. The number of nitrogens with one attached hydrogen (secondary N) is 1. The number of hydrogen-bond acceptors (Lipinski definition) is 3. The number of nitrogens with zero attached hydrogens (tertiary/aromatic N) is 3. The number of anilines is 1. The number of rotatable bonds is 1. The van der Waals surface area contributed by atoms with E-state index in [1.807, 2.05) is 18.3 Å². The van der Waals surface area contributed by atoms with Crippen LogP contribution in [0, 0.1) is 0 Å². The van der Waals surface area contributed by atoms with Gasteiger partial charge in [0.25, 0.3) is 5.91 Å². The van der Waals surface area contributed by atoms with Crippen LogP contribution in [0.2, 0.25) is 0 Å². The molecule has 0 saturated heterocycles. The summed E-state index contributed by atoms with van der Waals surface area (Å²) < 4.78 is 0. The maximum absolute atomic E-state index is 12.9. The molecule has 104 valence electrons. The molecule has 21 heavy (non-hydrogen) atoms. The number of pyridine rings is 2. The SMILES string of the molecule is CC1CN(C(=O)c2cncc3[nH]ccc23)c2cnccc21. The van der Waals surface area contributed by atoms with E-state index in [0.717, 1.165) is 16.6 Å². The second-order valence-corrected chi connectivity index (χ2v) is 5.38. The highest BCUT2D eigenvalue weighted by atomic mass is 16.2. The molecule has 1 atom stereocenters. The summed E-state index contributed by atoms with van der Waals surface area (Å²) in [5, 5.41) is 0.903. The van der Waals surface area contributed by atoms with E-state index in [4.69, 9.17) is 0 Å². The van der Waals surface area contributed by atoms with Gasteiger partial charge in [0.15, 0.2) is 0 Å². The van der Waals surface area contributed by atoms with Crippen LogP contribution in [0.1, 0.15) is 28.8 Å². The summed E-state index contributed by atoms with van der Waals surface area (Å²) >= 11 is 0. The van der Waals surface area contributed by atoms with E-state index in [0.29, 0.717) is 18.0 Å². The molecular weight excluding hydrogens is 264 g/mol. The predicted molar refractivity (Wildman–Crippen MR) is 80.4 cm³/mol. The quantitative estimate of drug-likeness (QED) is 0.744. The molecule has 3 aromatic heterocycles. The molecule has 0 bridgehead atoms. The number of carbonyl (C=O) groups is 1. The summed E-state index contributed by atoms with van der Waals surface area (Å²) in [5.74, 6) is 0.302. The molecule has 4 heterocycles. The first kappa shape index (κ1) is 12.1. The molecule has 1 N–H and O–H groups in total. The lowest BCUT2D eigenvalue weighted by Gasteiger charge is -2.17. The van der Waals surface area contributed by atoms with Crippen LogP contribution in [0.25, 0.3) is 10.9 Å². The number of hydrogen-bond donors (Lipinski definition) is 1. The molecule has 1 aliphatic rings. The Labute approximate surface area is 121 Å². The van der Waals surface area contributed by atoms with Gasteiger partial charge in [-0.15, -0.1) is 0 Å². The average Bonchev–Trinajstić information content (AvgIpc) is 3.11. The third-order valence-corrected chi connectivity index (χ3v) is 4.06. The summed E-state index contributed by atoms with van der Waals surface area (Å²) in [6.07, 6.45) is 8.73. The van der Waals surface area contributed by atoms with Gasteiger partial charge in [0.05, 0.1) is 29.2 Å². The van der Waals surface area contributed by atoms with Crippen molar-refractivity contribution in [3.63, 3.8) is 0 Å². The van der Waals surface area contributed by atoms with E-state index in [-0.39, 0.29) is 5.91 Å². The monoisotopic (exact) mass is 278 g/mol. The van der Waals surface area contributed by atoms with E-state index >= 15 is 0 Å². The van der Waals surface area contributed by atoms with Gasteiger partial charge < -0.3 is 9.88 Å². The minimum atomic E-state index is -0.0219. The van der Waals surface area contributed by atoms with Crippen molar-refractivity contribution >= 4 is 22.5 Å². The van der Waals surface area contributed by atoms with E-state index in [9.17, 15) is 4.79 Å².